The maximum atomic E-state index is 13.5. The van der Waals surface area contributed by atoms with E-state index in [0.29, 0.717) is 6.42 Å². The van der Waals surface area contributed by atoms with Gasteiger partial charge in [0.1, 0.15) is 5.82 Å². The van der Waals surface area contributed by atoms with Crippen molar-refractivity contribution in [2.24, 2.45) is 10.2 Å². The molecule has 0 spiro atoms. The lowest BCUT2D eigenvalue weighted by Crippen LogP contribution is -2.19. The molecule has 154 valence electrons. The van der Waals surface area contributed by atoms with Crippen LogP contribution in [0.15, 0.2) is 82.8 Å². The number of aryl methyl sites for hydroxylation is 1. The van der Waals surface area contributed by atoms with Crippen LogP contribution in [0.1, 0.15) is 36.1 Å². The predicted octanol–water partition coefficient (Wildman–Crippen LogP) is 4.39. The Labute approximate surface area is 175 Å². The smallest absolute Gasteiger partial charge is 0.238 e. The monoisotopic (exact) mass is 423 g/mol. The number of anilines is 1. The minimum absolute atomic E-state index is 0.0446. The van der Waals surface area contributed by atoms with Crippen LogP contribution < -0.4 is 10.1 Å². The Bertz CT molecular complexity index is 1170. The average molecular weight is 424 g/mol. The summed E-state index contributed by atoms with van der Waals surface area (Å²) in [5.74, 6) is -0.294. The first kappa shape index (κ1) is 20.3. The molecule has 0 unspecified atom stereocenters. The number of benzene rings is 3. The molecule has 4 rings (SSSR count). The summed E-state index contributed by atoms with van der Waals surface area (Å²) in [5.41, 5.74) is 4.86. The van der Waals surface area contributed by atoms with Crippen molar-refractivity contribution in [1.82, 2.24) is 0 Å². The van der Waals surface area contributed by atoms with Crippen molar-refractivity contribution in [2.45, 2.75) is 30.7 Å². The third-order valence-corrected chi connectivity index (χ3v) is 6.22. The van der Waals surface area contributed by atoms with E-state index >= 15 is 0 Å². The first-order valence-corrected chi connectivity index (χ1v) is 11.2. The topological polar surface area (TPSA) is 75.8 Å². The van der Waals surface area contributed by atoms with Gasteiger partial charge in [-0.1, -0.05) is 43.3 Å². The van der Waals surface area contributed by atoms with Crippen molar-refractivity contribution >= 4 is 21.4 Å². The molecule has 3 aromatic rings. The average Bonchev–Trinajstić information content (AvgIpc) is 3.19. The lowest BCUT2D eigenvalue weighted by atomic mass is 9.97. The molecule has 0 amide bonds. The lowest BCUT2D eigenvalue weighted by Gasteiger charge is -2.24. The molecular formula is C23H22FN3O2S. The third kappa shape index (κ3) is 4.13. The van der Waals surface area contributed by atoms with Gasteiger partial charge < -0.3 is 0 Å². The Morgan fingerprint density at radius 1 is 1.00 bits per heavy atom. The predicted molar refractivity (Wildman–Crippen MR) is 116 cm³/mol. The van der Waals surface area contributed by atoms with Crippen LogP contribution in [-0.2, 0) is 16.4 Å². The van der Waals surface area contributed by atoms with Crippen molar-refractivity contribution in [3.63, 3.8) is 0 Å². The lowest BCUT2D eigenvalue weighted by molar-refractivity contribution is 0.597. The van der Waals surface area contributed by atoms with Crippen molar-refractivity contribution in [2.75, 3.05) is 5.01 Å². The summed E-state index contributed by atoms with van der Waals surface area (Å²) in [7, 11) is -3.77. The number of rotatable bonds is 5. The van der Waals surface area contributed by atoms with Crippen LogP contribution in [0, 0.1) is 5.82 Å². The molecule has 0 saturated heterocycles. The number of halogens is 1. The number of nitrogens with two attached hydrogens (primary N) is 1. The maximum absolute atomic E-state index is 13.5. The van der Waals surface area contributed by atoms with Gasteiger partial charge in [0.15, 0.2) is 0 Å². The highest BCUT2D eigenvalue weighted by atomic mass is 32.2. The molecule has 7 heteroatoms. The molecule has 0 radical (unpaired) electrons. The number of primary sulfonamides is 1. The minimum atomic E-state index is -3.77. The summed E-state index contributed by atoms with van der Waals surface area (Å²) < 4.78 is 36.6. The Kier molecular flexibility index (Phi) is 5.40. The van der Waals surface area contributed by atoms with Crippen LogP contribution in [0.25, 0.3) is 0 Å². The van der Waals surface area contributed by atoms with E-state index in [1.807, 2.05) is 5.01 Å². The van der Waals surface area contributed by atoms with Crippen molar-refractivity contribution in [1.29, 1.82) is 0 Å². The molecule has 0 bridgehead atoms. The van der Waals surface area contributed by atoms with E-state index in [-0.39, 0.29) is 16.8 Å². The van der Waals surface area contributed by atoms with Crippen LogP contribution in [0.3, 0.4) is 0 Å². The second-order valence-corrected chi connectivity index (χ2v) is 8.81. The van der Waals surface area contributed by atoms with E-state index in [9.17, 15) is 12.8 Å². The number of hydrogen-bond acceptors (Lipinski definition) is 4. The quantitative estimate of drug-likeness (QED) is 0.661. The number of hydrogen-bond donors (Lipinski definition) is 1. The van der Waals surface area contributed by atoms with Gasteiger partial charge in [-0.25, -0.2) is 17.9 Å². The second-order valence-electron chi connectivity index (χ2n) is 7.25. The van der Waals surface area contributed by atoms with E-state index in [0.717, 1.165) is 28.9 Å². The highest BCUT2D eigenvalue weighted by Crippen LogP contribution is 2.37. The van der Waals surface area contributed by atoms with Gasteiger partial charge in [-0.3, -0.25) is 5.01 Å². The van der Waals surface area contributed by atoms with Crippen LogP contribution in [-0.4, -0.2) is 14.1 Å². The van der Waals surface area contributed by atoms with Crippen molar-refractivity contribution in [3.8, 4) is 0 Å². The van der Waals surface area contributed by atoms with Gasteiger partial charge in [0.05, 0.1) is 22.3 Å². The third-order valence-electron chi connectivity index (χ3n) is 5.29. The molecule has 2 N–H and O–H groups in total. The molecule has 1 atom stereocenters. The fraction of sp³-hybridized carbons (Fsp3) is 0.174. The second kappa shape index (κ2) is 8.01. The summed E-state index contributed by atoms with van der Waals surface area (Å²) in [5, 5.41) is 11.9. The SMILES string of the molecule is CCc1ccc(C2=NN(c3ccc(S(N)(=O)=O)cc3)[C@H](c3ccc(F)cc3)C2)cc1. The Morgan fingerprint density at radius 2 is 1.63 bits per heavy atom. The maximum Gasteiger partial charge on any atom is 0.238 e. The van der Waals surface area contributed by atoms with Gasteiger partial charge in [-0.2, -0.15) is 5.10 Å². The van der Waals surface area contributed by atoms with E-state index in [1.165, 1.54) is 29.8 Å². The largest absolute Gasteiger partial charge is 0.257 e. The van der Waals surface area contributed by atoms with Crippen LogP contribution >= 0.6 is 0 Å². The number of nitrogens with zero attached hydrogens (tertiary/aromatic N) is 2. The molecule has 0 aromatic heterocycles. The van der Waals surface area contributed by atoms with E-state index in [4.69, 9.17) is 10.2 Å². The minimum Gasteiger partial charge on any atom is -0.257 e. The molecule has 0 aliphatic carbocycles. The molecule has 0 fully saturated rings. The van der Waals surface area contributed by atoms with E-state index in [1.54, 1.807) is 24.3 Å². The standard InChI is InChI=1S/C23H22FN3O2S/c1-2-16-3-5-17(6-4-16)22-15-23(18-7-9-19(24)10-8-18)27(26-22)20-11-13-21(14-12-20)30(25,28)29/h3-14,23H,2,15H2,1H3,(H2,25,28,29)/t23-/m0/s1. The summed E-state index contributed by atoms with van der Waals surface area (Å²) in [4.78, 5) is 0.0446. The van der Waals surface area contributed by atoms with Crippen LogP contribution in [0.4, 0.5) is 10.1 Å². The highest BCUT2D eigenvalue weighted by Gasteiger charge is 2.30. The van der Waals surface area contributed by atoms with Crippen LogP contribution in [0.5, 0.6) is 0 Å². The Morgan fingerprint density at radius 3 is 2.20 bits per heavy atom. The summed E-state index contributed by atoms with van der Waals surface area (Å²) in [6, 6.07) is 20.9. The molecule has 1 aliphatic heterocycles. The Balaban J connectivity index is 1.73. The molecule has 5 nitrogen and oxygen atoms in total. The summed E-state index contributed by atoms with van der Waals surface area (Å²) >= 11 is 0. The normalized spacial score (nSPS) is 16.6. The van der Waals surface area contributed by atoms with Gasteiger partial charge >= 0.3 is 0 Å². The first-order valence-electron chi connectivity index (χ1n) is 9.69. The van der Waals surface area contributed by atoms with Gasteiger partial charge in [0.2, 0.25) is 10.0 Å². The van der Waals surface area contributed by atoms with Crippen LogP contribution in [0.2, 0.25) is 0 Å². The fourth-order valence-electron chi connectivity index (χ4n) is 3.59. The molecule has 3 aromatic carbocycles. The zero-order chi connectivity index (χ0) is 21.3. The highest BCUT2D eigenvalue weighted by molar-refractivity contribution is 7.89. The molecule has 1 aliphatic rings. The van der Waals surface area contributed by atoms with Gasteiger partial charge in [0, 0.05) is 6.42 Å². The zero-order valence-electron chi connectivity index (χ0n) is 16.5. The Hall–Kier alpha value is -3.03. The van der Waals surface area contributed by atoms with Crippen molar-refractivity contribution < 1.29 is 12.8 Å². The summed E-state index contributed by atoms with van der Waals surface area (Å²) in [6.45, 7) is 2.11. The van der Waals surface area contributed by atoms with E-state index < -0.39 is 10.0 Å². The summed E-state index contributed by atoms with van der Waals surface area (Å²) in [6.07, 6.45) is 1.61. The van der Waals surface area contributed by atoms with Gasteiger partial charge in [-0.15, -0.1) is 0 Å². The molecule has 0 saturated carbocycles. The van der Waals surface area contributed by atoms with Gasteiger partial charge in [-0.05, 0) is 59.5 Å². The van der Waals surface area contributed by atoms with Crippen molar-refractivity contribution in [3.05, 3.63) is 95.3 Å². The zero-order valence-corrected chi connectivity index (χ0v) is 17.3. The first-order chi connectivity index (χ1) is 14.3. The number of hydrazone groups is 1. The fourth-order valence-corrected chi connectivity index (χ4v) is 4.10. The van der Waals surface area contributed by atoms with E-state index in [2.05, 4.69) is 31.2 Å². The molecular weight excluding hydrogens is 401 g/mol. The molecule has 30 heavy (non-hydrogen) atoms. The number of sulfonamides is 1. The van der Waals surface area contributed by atoms with Gasteiger partial charge in [0.25, 0.3) is 0 Å². The molecule has 1 heterocycles.